The van der Waals surface area contributed by atoms with E-state index < -0.39 is 0 Å². The molecule has 1 aromatic heterocycles. The second-order valence-corrected chi connectivity index (χ2v) is 6.58. The van der Waals surface area contributed by atoms with Gasteiger partial charge in [0.2, 0.25) is 0 Å². The predicted molar refractivity (Wildman–Crippen MR) is 98.3 cm³/mol. The Morgan fingerprint density at radius 3 is 2.79 bits per heavy atom. The molecule has 6 heteroatoms. The Morgan fingerprint density at radius 1 is 1.38 bits per heavy atom. The van der Waals surface area contributed by atoms with Crippen molar-refractivity contribution < 1.29 is 4.52 Å². The van der Waals surface area contributed by atoms with Crippen molar-refractivity contribution in [2.45, 2.75) is 65.0 Å². The Hall–Kier alpha value is -1.56. The molecule has 1 saturated heterocycles. The van der Waals surface area contributed by atoms with E-state index in [2.05, 4.69) is 59.6 Å². The molecule has 0 aliphatic carbocycles. The molecule has 0 saturated carbocycles. The van der Waals surface area contributed by atoms with Gasteiger partial charge in [0, 0.05) is 31.1 Å². The number of guanidine groups is 1. The third-order valence-corrected chi connectivity index (χ3v) is 4.89. The molecule has 1 atom stereocenters. The first-order valence-electron chi connectivity index (χ1n) is 9.35. The second kappa shape index (κ2) is 9.67. The van der Waals surface area contributed by atoms with Gasteiger partial charge in [-0.2, -0.15) is 0 Å². The quantitative estimate of drug-likeness (QED) is 0.565. The lowest BCUT2D eigenvalue weighted by Gasteiger charge is -2.21. The maximum absolute atomic E-state index is 5.45. The summed E-state index contributed by atoms with van der Waals surface area (Å²) >= 11 is 0. The van der Waals surface area contributed by atoms with Gasteiger partial charge in [0.05, 0.1) is 5.69 Å². The summed E-state index contributed by atoms with van der Waals surface area (Å²) in [6.07, 6.45) is 4.72. The van der Waals surface area contributed by atoms with E-state index in [0.29, 0.717) is 18.5 Å². The molecule has 24 heavy (non-hydrogen) atoms. The summed E-state index contributed by atoms with van der Waals surface area (Å²) in [6.45, 7) is 9.94. The number of aromatic nitrogens is 1. The number of hydrogen-bond acceptors (Lipinski definition) is 4. The SMILES string of the molecule is CCNC(=NCc1cc(C(CC)CC)no1)NCC1CCCN1C. The van der Waals surface area contributed by atoms with Crippen LogP contribution < -0.4 is 10.6 Å². The minimum Gasteiger partial charge on any atom is -0.359 e. The first-order chi connectivity index (χ1) is 11.7. The van der Waals surface area contributed by atoms with Gasteiger partial charge in [-0.25, -0.2) is 4.99 Å². The molecule has 0 aromatic carbocycles. The molecule has 0 amide bonds. The van der Waals surface area contributed by atoms with Gasteiger partial charge in [-0.1, -0.05) is 19.0 Å². The second-order valence-electron chi connectivity index (χ2n) is 6.58. The molecular weight excluding hydrogens is 302 g/mol. The molecule has 1 aliphatic rings. The van der Waals surface area contributed by atoms with Gasteiger partial charge in [-0.3, -0.25) is 0 Å². The average Bonchev–Trinajstić information content (AvgIpc) is 3.21. The van der Waals surface area contributed by atoms with Gasteiger partial charge in [-0.05, 0) is 46.2 Å². The maximum atomic E-state index is 5.45. The Balaban J connectivity index is 1.90. The molecule has 2 heterocycles. The lowest BCUT2D eigenvalue weighted by Crippen LogP contribution is -2.44. The topological polar surface area (TPSA) is 65.7 Å². The van der Waals surface area contributed by atoms with Crippen molar-refractivity contribution in [3.8, 4) is 0 Å². The van der Waals surface area contributed by atoms with Crippen molar-refractivity contribution >= 4 is 5.96 Å². The molecule has 1 aliphatic heterocycles. The van der Waals surface area contributed by atoms with Gasteiger partial charge in [0.1, 0.15) is 6.54 Å². The molecule has 2 N–H and O–H groups in total. The van der Waals surface area contributed by atoms with Crippen molar-refractivity contribution in [3.05, 3.63) is 17.5 Å². The van der Waals surface area contributed by atoms with Gasteiger partial charge in [0.25, 0.3) is 0 Å². The fraction of sp³-hybridized carbons (Fsp3) is 0.778. The summed E-state index contributed by atoms with van der Waals surface area (Å²) in [6, 6.07) is 2.65. The molecule has 0 spiro atoms. The highest BCUT2D eigenvalue weighted by Gasteiger charge is 2.20. The first kappa shape index (κ1) is 18.8. The van der Waals surface area contributed by atoms with Gasteiger partial charge in [-0.15, -0.1) is 0 Å². The van der Waals surface area contributed by atoms with Gasteiger partial charge in [0.15, 0.2) is 11.7 Å². The van der Waals surface area contributed by atoms with Crippen LogP contribution in [-0.4, -0.2) is 48.7 Å². The number of aliphatic imine (C=N–C) groups is 1. The highest BCUT2D eigenvalue weighted by molar-refractivity contribution is 5.79. The first-order valence-corrected chi connectivity index (χ1v) is 9.35. The largest absolute Gasteiger partial charge is 0.359 e. The molecule has 1 aromatic rings. The number of nitrogens with one attached hydrogen (secondary N) is 2. The zero-order valence-electron chi connectivity index (χ0n) is 15.6. The van der Waals surface area contributed by atoms with E-state index in [4.69, 9.17) is 4.52 Å². The van der Waals surface area contributed by atoms with Crippen LogP contribution in [-0.2, 0) is 6.54 Å². The fourth-order valence-corrected chi connectivity index (χ4v) is 3.25. The summed E-state index contributed by atoms with van der Waals surface area (Å²) in [5.41, 5.74) is 1.05. The molecule has 1 fully saturated rings. The molecule has 1 unspecified atom stereocenters. The Bertz CT molecular complexity index is 509. The highest BCUT2D eigenvalue weighted by atomic mass is 16.5. The van der Waals surface area contributed by atoms with E-state index in [1.54, 1.807) is 0 Å². The van der Waals surface area contributed by atoms with Crippen LogP contribution in [0.3, 0.4) is 0 Å². The third-order valence-electron chi connectivity index (χ3n) is 4.89. The molecule has 6 nitrogen and oxygen atoms in total. The highest BCUT2D eigenvalue weighted by Crippen LogP contribution is 2.22. The lowest BCUT2D eigenvalue weighted by atomic mass is 9.99. The van der Waals surface area contributed by atoms with Gasteiger partial charge >= 0.3 is 0 Å². The zero-order chi connectivity index (χ0) is 17.4. The van der Waals surface area contributed by atoms with Crippen molar-refractivity contribution in [2.75, 3.05) is 26.7 Å². The van der Waals surface area contributed by atoms with Crippen LogP contribution >= 0.6 is 0 Å². The molecule has 136 valence electrons. The summed E-state index contributed by atoms with van der Waals surface area (Å²) in [5, 5.41) is 11.0. The smallest absolute Gasteiger partial charge is 0.191 e. The normalized spacial score (nSPS) is 19.2. The molecular formula is C18H33N5O. The monoisotopic (exact) mass is 335 g/mol. The van der Waals surface area contributed by atoms with Crippen LogP contribution in [0.5, 0.6) is 0 Å². The minimum atomic E-state index is 0.482. The lowest BCUT2D eigenvalue weighted by molar-refractivity contribution is 0.309. The van der Waals surface area contributed by atoms with Crippen LogP contribution in [0.25, 0.3) is 0 Å². The zero-order valence-corrected chi connectivity index (χ0v) is 15.6. The average molecular weight is 335 g/mol. The molecule has 0 radical (unpaired) electrons. The number of hydrogen-bond donors (Lipinski definition) is 2. The number of nitrogens with zero attached hydrogens (tertiary/aromatic N) is 3. The van der Waals surface area contributed by atoms with E-state index in [1.165, 1.54) is 19.4 Å². The van der Waals surface area contributed by atoms with Gasteiger partial charge < -0.3 is 20.1 Å². The number of likely N-dealkylation sites (tertiary alicyclic amines) is 1. The summed E-state index contributed by atoms with van der Waals surface area (Å²) < 4.78 is 5.45. The van der Waals surface area contributed by atoms with Crippen LogP contribution in [0, 0.1) is 0 Å². The van der Waals surface area contributed by atoms with E-state index in [9.17, 15) is 0 Å². The van der Waals surface area contributed by atoms with Crippen molar-refractivity contribution in [1.82, 2.24) is 20.7 Å². The Morgan fingerprint density at radius 2 is 2.17 bits per heavy atom. The predicted octanol–water partition coefficient (Wildman–Crippen LogP) is 2.73. The number of rotatable bonds is 8. The van der Waals surface area contributed by atoms with E-state index in [0.717, 1.165) is 43.3 Å². The summed E-state index contributed by atoms with van der Waals surface area (Å²) in [4.78, 5) is 7.05. The molecule has 2 rings (SSSR count). The fourth-order valence-electron chi connectivity index (χ4n) is 3.25. The van der Waals surface area contributed by atoms with Crippen LogP contribution in [0.15, 0.2) is 15.6 Å². The Labute approximate surface area is 146 Å². The van der Waals surface area contributed by atoms with E-state index in [1.807, 2.05) is 0 Å². The van der Waals surface area contributed by atoms with Crippen molar-refractivity contribution in [1.29, 1.82) is 0 Å². The van der Waals surface area contributed by atoms with E-state index >= 15 is 0 Å². The molecule has 0 bridgehead atoms. The van der Waals surface area contributed by atoms with Crippen LogP contribution in [0.2, 0.25) is 0 Å². The summed E-state index contributed by atoms with van der Waals surface area (Å²) in [5.74, 6) is 2.15. The van der Waals surface area contributed by atoms with Crippen LogP contribution in [0.4, 0.5) is 0 Å². The van der Waals surface area contributed by atoms with Crippen molar-refractivity contribution in [2.24, 2.45) is 4.99 Å². The summed E-state index contributed by atoms with van der Waals surface area (Å²) in [7, 11) is 2.19. The van der Waals surface area contributed by atoms with E-state index in [-0.39, 0.29) is 0 Å². The maximum Gasteiger partial charge on any atom is 0.191 e. The number of likely N-dealkylation sites (N-methyl/N-ethyl adjacent to an activating group) is 1. The standard InChI is InChI=1S/C18H33N5O/c1-5-14(6-2)17-11-16(24-22-17)13-21-18(19-7-3)20-12-15-9-8-10-23(15)4/h11,14-15H,5-10,12-13H2,1-4H3,(H2,19,20,21). The van der Waals surface area contributed by atoms with Crippen molar-refractivity contribution in [3.63, 3.8) is 0 Å². The Kier molecular flexibility index (Phi) is 7.56. The van der Waals surface area contributed by atoms with Crippen LogP contribution in [0.1, 0.15) is 63.8 Å². The minimum absolute atomic E-state index is 0.482. The third kappa shape index (κ3) is 5.23.